The highest BCUT2D eigenvalue weighted by atomic mass is 32.2. The molecule has 1 aliphatic rings. The monoisotopic (exact) mass is 368 g/mol. The molecular weight excluding hydrogens is 348 g/mol. The lowest BCUT2D eigenvalue weighted by Crippen LogP contribution is -2.27. The number of amides is 1. The summed E-state index contributed by atoms with van der Waals surface area (Å²) in [5.41, 5.74) is 2.48. The van der Waals surface area contributed by atoms with E-state index in [4.69, 9.17) is 4.74 Å². The molecule has 1 N–H and O–H groups in total. The van der Waals surface area contributed by atoms with Crippen LogP contribution in [0.3, 0.4) is 0 Å². The van der Waals surface area contributed by atoms with Crippen LogP contribution in [0.15, 0.2) is 60.3 Å². The first kappa shape index (κ1) is 18.1. The number of hydrogen-bond donors (Lipinski definition) is 1. The third-order valence-corrected chi connectivity index (χ3v) is 5.60. The van der Waals surface area contributed by atoms with Gasteiger partial charge in [0.25, 0.3) is 5.91 Å². The summed E-state index contributed by atoms with van der Waals surface area (Å²) >= 11 is 1.49. The molecule has 0 aliphatic carbocycles. The minimum atomic E-state index is -0.120. The minimum absolute atomic E-state index is 0.0340. The fourth-order valence-electron chi connectivity index (χ4n) is 2.91. The fourth-order valence-corrected chi connectivity index (χ4v) is 4.32. The summed E-state index contributed by atoms with van der Waals surface area (Å²) in [5, 5.41) is 9.70. The van der Waals surface area contributed by atoms with Crippen molar-refractivity contribution in [3.63, 3.8) is 0 Å². The predicted octanol–water partition coefficient (Wildman–Crippen LogP) is 3.99. The van der Waals surface area contributed by atoms with Crippen molar-refractivity contribution < 1.29 is 14.6 Å². The van der Waals surface area contributed by atoms with E-state index in [9.17, 15) is 9.90 Å². The van der Waals surface area contributed by atoms with Gasteiger partial charge in [0.15, 0.2) is 11.5 Å². The number of ether oxygens (including phenoxy) is 1. The third-order valence-electron chi connectivity index (χ3n) is 4.22. The van der Waals surface area contributed by atoms with Crippen molar-refractivity contribution in [3.05, 3.63) is 71.4 Å². The van der Waals surface area contributed by atoms with Gasteiger partial charge in [-0.15, -0.1) is 0 Å². The summed E-state index contributed by atoms with van der Waals surface area (Å²) < 4.78 is 5.19. The zero-order chi connectivity index (χ0) is 18.7. The van der Waals surface area contributed by atoms with Crippen LogP contribution in [-0.4, -0.2) is 34.6 Å². The molecule has 2 heterocycles. The van der Waals surface area contributed by atoms with E-state index in [2.05, 4.69) is 11.6 Å². The number of carbonyl (C=O) groups excluding carboxylic acids is 1. The van der Waals surface area contributed by atoms with Gasteiger partial charge in [-0.1, -0.05) is 36.5 Å². The number of aromatic nitrogens is 1. The number of likely N-dealkylation sites (N-methyl/N-ethyl adjacent to an activating group) is 1. The molecule has 5 nitrogen and oxygen atoms in total. The van der Waals surface area contributed by atoms with E-state index in [1.165, 1.54) is 18.9 Å². The Balaban J connectivity index is 2.07. The Labute approximate surface area is 157 Å². The Bertz CT molecular complexity index is 865. The number of pyridine rings is 1. The van der Waals surface area contributed by atoms with Crippen LogP contribution in [0, 0.1) is 0 Å². The molecule has 3 rings (SSSR count). The summed E-state index contributed by atoms with van der Waals surface area (Å²) in [6, 6.07) is 8.86. The lowest BCUT2D eigenvalue weighted by molar-refractivity contribution is -0.126. The van der Waals surface area contributed by atoms with Crippen LogP contribution in [0.25, 0.3) is 5.57 Å². The molecule has 1 fully saturated rings. The average molecular weight is 368 g/mol. The maximum atomic E-state index is 13.0. The average Bonchev–Trinajstić information content (AvgIpc) is 3.00. The van der Waals surface area contributed by atoms with Crippen LogP contribution in [0.2, 0.25) is 0 Å². The molecule has 26 heavy (non-hydrogen) atoms. The van der Waals surface area contributed by atoms with E-state index in [-0.39, 0.29) is 17.0 Å². The molecule has 0 radical (unpaired) electrons. The Morgan fingerprint density at radius 3 is 2.88 bits per heavy atom. The number of phenols is 1. The van der Waals surface area contributed by atoms with Crippen molar-refractivity contribution in [2.24, 2.45) is 0 Å². The van der Waals surface area contributed by atoms with E-state index >= 15 is 0 Å². The number of hydrogen-bond acceptors (Lipinski definition) is 5. The highest BCUT2D eigenvalue weighted by Crippen LogP contribution is 2.48. The Kier molecular flexibility index (Phi) is 5.32. The Hall–Kier alpha value is -2.73. The molecule has 1 atom stereocenters. The summed E-state index contributed by atoms with van der Waals surface area (Å²) in [6.07, 6.45) is 5.18. The SMILES string of the molecule is C=CC(=C1SC(c2cccnc2)N(CC)C1=O)c1ccc(O)c(OC)c1. The number of carbonyl (C=O) groups is 1. The predicted molar refractivity (Wildman–Crippen MR) is 104 cm³/mol. The van der Waals surface area contributed by atoms with Gasteiger partial charge in [-0.3, -0.25) is 9.78 Å². The zero-order valence-corrected chi connectivity index (χ0v) is 15.5. The van der Waals surface area contributed by atoms with Crippen LogP contribution in [-0.2, 0) is 4.79 Å². The van der Waals surface area contributed by atoms with Gasteiger partial charge in [0, 0.05) is 30.1 Å². The fraction of sp³-hybridized carbons (Fsp3) is 0.200. The van der Waals surface area contributed by atoms with Crippen molar-refractivity contribution in [1.29, 1.82) is 0 Å². The number of methoxy groups -OCH3 is 1. The first-order valence-electron chi connectivity index (χ1n) is 8.22. The van der Waals surface area contributed by atoms with Gasteiger partial charge in [-0.2, -0.15) is 0 Å². The summed E-state index contributed by atoms with van der Waals surface area (Å²) in [6.45, 7) is 6.44. The number of phenolic OH excluding ortho intramolecular Hbond substituents is 1. The van der Waals surface area contributed by atoms with Gasteiger partial charge < -0.3 is 14.7 Å². The number of nitrogens with zero attached hydrogens (tertiary/aromatic N) is 2. The van der Waals surface area contributed by atoms with E-state index < -0.39 is 0 Å². The van der Waals surface area contributed by atoms with Gasteiger partial charge in [0.1, 0.15) is 5.37 Å². The summed E-state index contributed by atoms with van der Waals surface area (Å²) in [4.78, 5) is 19.6. The first-order valence-corrected chi connectivity index (χ1v) is 9.10. The largest absolute Gasteiger partial charge is 0.504 e. The second-order valence-electron chi connectivity index (χ2n) is 5.68. The molecule has 1 aromatic carbocycles. The van der Waals surface area contributed by atoms with Crippen LogP contribution in [0.4, 0.5) is 0 Å². The van der Waals surface area contributed by atoms with Gasteiger partial charge >= 0.3 is 0 Å². The molecule has 0 saturated carbocycles. The molecule has 134 valence electrons. The first-order chi connectivity index (χ1) is 12.6. The van der Waals surface area contributed by atoms with E-state index in [0.717, 1.165) is 16.7 Å². The van der Waals surface area contributed by atoms with E-state index in [0.29, 0.717) is 17.2 Å². The van der Waals surface area contributed by atoms with Gasteiger partial charge in [-0.25, -0.2) is 0 Å². The second-order valence-corrected chi connectivity index (χ2v) is 6.77. The van der Waals surface area contributed by atoms with Crippen molar-refractivity contribution in [2.75, 3.05) is 13.7 Å². The molecule has 1 aromatic heterocycles. The van der Waals surface area contributed by atoms with Crippen LogP contribution in [0.5, 0.6) is 11.5 Å². The molecular formula is C20H20N2O3S. The molecule has 0 bridgehead atoms. The van der Waals surface area contributed by atoms with Gasteiger partial charge in [0.2, 0.25) is 0 Å². The number of rotatable bonds is 5. The smallest absolute Gasteiger partial charge is 0.262 e. The van der Waals surface area contributed by atoms with Crippen molar-refractivity contribution in [1.82, 2.24) is 9.88 Å². The highest BCUT2D eigenvalue weighted by molar-refractivity contribution is 8.04. The number of benzene rings is 1. The topological polar surface area (TPSA) is 62.7 Å². The molecule has 1 amide bonds. The van der Waals surface area contributed by atoms with Crippen LogP contribution < -0.4 is 4.74 Å². The van der Waals surface area contributed by atoms with Gasteiger partial charge in [-0.05, 0) is 30.7 Å². The van der Waals surface area contributed by atoms with Crippen LogP contribution in [0.1, 0.15) is 23.4 Å². The molecule has 2 aromatic rings. The van der Waals surface area contributed by atoms with E-state index in [1.54, 1.807) is 36.7 Å². The number of allylic oxidation sites excluding steroid dienone is 2. The third kappa shape index (κ3) is 3.20. The molecule has 6 heteroatoms. The second kappa shape index (κ2) is 7.66. The summed E-state index contributed by atoms with van der Waals surface area (Å²) in [5.74, 6) is 0.376. The lowest BCUT2D eigenvalue weighted by atomic mass is 10.0. The quantitative estimate of drug-likeness (QED) is 0.809. The number of aromatic hydroxyl groups is 1. The zero-order valence-electron chi connectivity index (χ0n) is 14.7. The lowest BCUT2D eigenvalue weighted by Gasteiger charge is -2.21. The van der Waals surface area contributed by atoms with E-state index in [1.807, 2.05) is 24.0 Å². The van der Waals surface area contributed by atoms with Crippen molar-refractivity contribution in [3.8, 4) is 11.5 Å². The van der Waals surface area contributed by atoms with Crippen LogP contribution >= 0.6 is 11.8 Å². The molecule has 1 unspecified atom stereocenters. The molecule has 1 aliphatic heterocycles. The van der Waals surface area contributed by atoms with Crippen molar-refractivity contribution >= 4 is 23.2 Å². The van der Waals surface area contributed by atoms with Crippen molar-refractivity contribution in [2.45, 2.75) is 12.3 Å². The molecule has 1 saturated heterocycles. The molecule has 0 spiro atoms. The maximum absolute atomic E-state index is 13.0. The maximum Gasteiger partial charge on any atom is 0.262 e. The van der Waals surface area contributed by atoms with Gasteiger partial charge in [0.05, 0.1) is 12.0 Å². The Morgan fingerprint density at radius 1 is 1.46 bits per heavy atom. The normalized spacial score (nSPS) is 18.8. The highest BCUT2D eigenvalue weighted by Gasteiger charge is 2.37. The number of thioether (sulfide) groups is 1. The minimum Gasteiger partial charge on any atom is -0.504 e. The Morgan fingerprint density at radius 2 is 2.27 bits per heavy atom. The summed E-state index contributed by atoms with van der Waals surface area (Å²) in [7, 11) is 1.49. The standard InChI is InChI=1S/C20H20N2O3S/c1-4-15(13-8-9-16(23)17(11-13)25-3)18-19(24)22(5-2)20(26-18)14-7-6-10-21-12-14/h4,6-12,20,23H,1,5H2,2-3H3.